The van der Waals surface area contributed by atoms with Crippen molar-refractivity contribution in [2.75, 3.05) is 26.2 Å². The maximum absolute atomic E-state index is 17.7. The smallest absolute Gasteiger partial charge is 0.259 e. The van der Waals surface area contributed by atoms with Crippen LogP contribution >= 0.6 is 0 Å². The van der Waals surface area contributed by atoms with Gasteiger partial charge in [-0.3, -0.25) is 28.7 Å². The van der Waals surface area contributed by atoms with Crippen LogP contribution in [0.15, 0.2) is 35.1 Å². The van der Waals surface area contributed by atoms with E-state index in [0.717, 1.165) is 5.69 Å². The van der Waals surface area contributed by atoms with Crippen LogP contribution in [0.4, 0.5) is 4.39 Å². The van der Waals surface area contributed by atoms with Crippen molar-refractivity contribution >= 4 is 35.1 Å². The molecule has 0 aliphatic heterocycles. The molecule has 0 saturated heterocycles. The lowest BCUT2D eigenvalue weighted by atomic mass is 9.44. The lowest BCUT2D eigenvalue weighted by Gasteiger charge is -2.62. The second-order valence-electron chi connectivity index (χ2n) is 19.8. The molecule has 1 aromatic rings. The first kappa shape index (κ1) is 48.6. The summed E-state index contributed by atoms with van der Waals surface area (Å²) in [4.78, 5) is 67.6. The molecule has 5 rings (SSSR count). The fraction of sp³-hybridized carbons (Fsp3) is 0.727. The van der Waals surface area contributed by atoms with Gasteiger partial charge in [0.05, 0.1) is 53.0 Å². The van der Waals surface area contributed by atoms with Crippen molar-refractivity contribution in [3.05, 3.63) is 35.7 Å². The molecule has 3 fully saturated rings. The maximum Gasteiger partial charge on any atom is 0.259 e. The van der Waals surface area contributed by atoms with E-state index in [0.29, 0.717) is 37.8 Å². The number of aliphatic hydroxyl groups excluding tert-OH is 3. The van der Waals surface area contributed by atoms with E-state index in [-0.39, 0.29) is 31.0 Å². The number of nitrogens with zero attached hydrogens (tertiary/aromatic N) is 4. The van der Waals surface area contributed by atoms with E-state index in [2.05, 4.69) is 36.8 Å². The van der Waals surface area contributed by atoms with Crippen LogP contribution in [0.3, 0.4) is 0 Å². The largest absolute Gasteiger partial charge is 0.392 e. The van der Waals surface area contributed by atoms with Crippen LogP contribution in [0.25, 0.3) is 0 Å². The second-order valence-corrected chi connectivity index (χ2v) is 19.8. The SMILES string of the molecule is Cc1cn(CCCNC(=O)C(C)(C)C(C)(C(=O)NCC(C)O)C(C)(C)C(=O)NCC(=O)N/N=C(/CO)[C@@]2(O)[C@H](C)C[C@H]3[C@@H]4CCC5=CC(=O)C=C[C@]5(C)[C@@]4(F)[C@@H](O)C[C@@]32C)nn1. The van der Waals surface area contributed by atoms with Gasteiger partial charge in [0.15, 0.2) is 11.5 Å². The number of hydrogen-bond donors (Lipinski definition) is 8. The summed E-state index contributed by atoms with van der Waals surface area (Å²) in [6.07, 6.45) is 5.09. The number of carbonyl (C=O) groups excluding carboxylic acids is 5. The minimum atomic E-state index is -2.13. The Morgan fingerprint density at radius 1 is 1.05 bits per heavy atom. The zero-order valence-electron chi connectivity index (χ0n) is 37.8. The van der Waals surface area contributed by atoms with Crippen molar-refractivity contribution < 1.29 is 48.8 Å². The number of aryl methyl sites for hydroxylation is 2. The predicted octanol–water partition coefficient (Wildman–Crippen LogP) is 1.58. The van der Waals surface area contributed by atoms with E-state index in [1.165, 1.54) is 39.8 Å². The monoisotopic (exact) mass is 871 g/mol. The first-order chi connectivity index (χ1) is 28.7. The molecule has 17 nitrogen and oxygen atoms in total. The number of fused-ring (bicyclic) bond motifs is 5. The number of rotatable bonds is 16. The third-order valence-electron chi connectivity index (χ3n) is 15.7. The van der Waals surface area contributed by atoms with Crippen LogP contribution in [0.5, 0.6) is 0 Å². The number of aromatic nitrogens is 3. The number of amides is 4. The zero-order valence-corrected chi connectivity index (χ0v) is 37.8. The third kappa shape index (κ3) is 7.72. The highest BCUT2D eigenvalue weighted by Crippen LogP contribution is 2.70. The van der Waals surface area contributed by atoms with Gasteiger partial charge < -0.3 is 36.4 Å². The molecule has 10 atom stereocenters. The molecule has 4 amide bonds. The van der Waals surface area contributed by atoms with Crippen LogP contribution in [-0.2, 0) is 30.5 Å². The van der Waals surface area contributed by atoms with E-state index in [9.17, 15) is 44.4 Å². The van der Waals surface area contributed by atoms with E-state index < -0.39 is 105 Å². The molecule has 18 heteroatoms. The van der Waals surface area contributed by atoms with Gasteiger partial charge in [0, 0.05) is 42.6 Å². The molecule has 1 aromatic heterocycles. The summed E-state index contributed by atoms with van der Waals surface area (Å²) in [6.45, 7) is 15.2. The van der Waals surface area contributed by atoms with Crippen LogP contribution < -0.4 is 21.4 Å². The van der Waals surface area contributed by atoms with Crippen molar-refractivity contribution in [2.45, 2.75) is 131 Å². The van der Waals surface area contributed by atoms with Gasteiger partial charge in [0.1, 0.15) is 5.60 Å². The summed E-state index contributed by atoms with van der Waals surface area (Å²) in [5.41, 5.74) is -7.86. The number of hydrogen-bond acceptors (Lipinski definition) is 12. The van der Waals surface area contributed by atoms with Crippen molar-refractivity contribution in [3.63, 3.8) is 0 Å². The molecule has 0 radical (unpaired) electrons. The van der Waals surface area contributed by atoms with Crippen LogP contribution in [0.2, 0.25) is 0 Å². The molecule has 2 unspecified atom stereocenters. The fourth-order valence-corrected chi connectivity index (χ4v) is 11.3. The first-order valence-electron chi connectivity index (χ1n) is 21.6. The molecule has 344 valence electrons. The van der Waals surface area contributed by atoms with Gasteiger partial charge in [-0.2, -0.15) is 5.10 Å². The van der Waals surface area contributed by atoms with Crippen molar-refractivity contribution in [3.8, 4) is 0 Å². The molecule has 4 aliphatic carbocycles. The molecule has 0 aromatic carbocycles. The Morgan fingerprint density at radius 3 is 2.29 bits per heavy atom. The van der Waals surface area contributed by atoms with Crippen LogP contribution in [0, 0.1) is 51.8 Å². The van der Waals surface area contributed by atoms with Gasteiger partial charge >= 0.3 is 0 Å². The highest BCUT2D eigenvalue weighted by Gasteiger charge is 2.75. The summed E-state index contributed by atoms with van der Waals surface area (Å²) in [7, 11) is 0. The van der Waals surface area contributed by atoms with E-state index in [4.69, 9.17) is 0 Å². The van der Waals surface area contributed by atoms with Gasteiger partial charge in [0.2, 0.25) is 17.7 Å². The summed E-state index contributed by atoms with van der Waals surface area (Å²) >= 11 is 0. The Kier molecular flexibility index (Phi) is 13.6. The van der Waals surface area contributed by atoms with Gasteiger partial charge in [-0.1, -0.05) is 30.7 Å². The average Bonchev–Trinajstić information content (AvgIpc) is 3.71. The predicted molar refractivity (Wildman–Crippen MR) is 226 cm³/mol. The molecule has 0 spiro atoms. The third-order valence-corrected chi connectivity index (χ3v) is 15.7. The minimum Gasteiger partial charge on any atom is -0.392 e. The number of halogens is 1. The van der Waals surface area contributed by atoms with E-state index in [1.807, 2.05) is 6.92 Å². The van der Waals surface area contributed by atoms with Crippen molar-refractivity contribution in [1.82, 2.24) is 36.4 Å². The van der Waals surface area contributed by atoms with Gasteiger partial charge in [0.25, 0.3) is 5.91 Å². The average molecular weight is 871 g/mol. The molecule has 0 bridgehead atoms. The summed E-state index contributed by atoms with van der Waals surface area (Å²) in [6, 6.07) is 0. The Hall–Kier alpha value is -4.39. The fourth-order valence-electron chi connectivity index (χ4n) is 11.3. The molecular formula is C44H67FN8O9. The van der Waals surface area contributed by atoms with Crippen molar-refractivity contribution in [2.24, 2.45) is 49.9 Å². The molecule has 8 N–H and O–H groups in total. The highest BCUT2D eigenvalue weighted by atomic mass is 19.1. The lowest BCUT2D eigenvalue weighted by molar-refractivity contribution is -0.209. The highest BCUT2D eigenvalue weighted by molar-refractivity contribution is 6.02. The lowest BCUT2D eigenvalue weighted by Crippen LogP contribution is -2.69. The van der Waals surface area contributed by atoms with Crippen molar-refractivity contribution in [1.29, 1.82) is 0 Å². The number of allylic oxidation sites excluding steroid dienone is 4. The van der Waals surface area contributed by atoms with E-state index >= 15 is 4.39 Å². The molecule has 62 heavy (non-hydrogen) atoms. The Bertz CT molecular complexity index is 2030. The summed E-state index contributed by atoms with van der Waals surface area (Å²) in [5.74, 6) is -4.74. The Morgan fingerprint density at radius 2 is 1.69 bits per heavy atom. The quantitative estimate of drug-likeness (QED) is 0.0672. The number of carbonyl (C=O) groups is 5. The minimum absolute atomic E-state index is 0.148. The van der Waals surface area contributed by atoms with Crippen LogP contribution in [0.1, 0.15) is 100 Å². The van der Waals surface area contributed by atoms with Gasteiger partial charge in [-0.25, -0.2) is 9.82 Å². The topological polar surface area (TPSA) is 257 Å². The normalized spacial score (nSPS) is 32.3. The standard InChI is InChI=1S/C44H67FN8O9/c1-25-18-31-30-13-12-28-19-29(56)14-15-40(28,8)43(30,45)33(57)20-41(31,9)44(25,62)32(24-54)50-51-34(58)22-48-36(60)39(6,7)42(10,37(61)47-21-27(3)55)38(4,5)35(59)46-16-11-17-53-23-26(2)49-52-53/h14-15,19,23,25,27,30-31,33,54-55,57,62H,11-13,16-18,20-22,24H2,1-10H3,(H,46,59)(H,47,61)(H,48,60)(H,51,58)/b50-32-/t25-,27?,30+,31+,33+,40+,41+,42?,43+,44+/m1/s1. The zero-order chi connectivity index (χ0) is 46.4. The molecule has 1 heterocycles. The van der Waals surface area contributed by atoms with Gasteiger partial charge in [-0.15, -0.1) is 5.10 Å². The van der Waals surface area contributed by atoms with Gasteiger partial charge in [-0.05, 0) is 111 Å². The number of aliphatic hydroxyl groups is 4. The number of hydrazone groups is 1. The maximum atomic E-state index is 17.7. The van der Waals surface area contributed by atoms with E-state index in [1.54, 1.807) is 51.6 Å². The van der Waals surface area contributed by atoms with Crippen LogP contribution in [-0.4, -0.2) is 120 Å². The second kappa shape index (κ2) is 17.3. The number of alkyl halides is 1. The molecule has 3 saturated carbocycles. The number of nitrogens with one attached hydrogen (secondary N) is 4. The molecular weight excluding hydrogens is 804 g/mol. The Labute approximate surface area is 362 Å². The molecule has 4 aliphatic rings. The number of ketones is 1. The first-order valence-corrected chi connectivity index (χ1v) is 21.6. The summed E-state index contributed by atoms with van der Waals surface area (Å²) in [5, 5.41) is 65.2. The summed E-state index contributed by atoms with van der Waals surface area (Å²) < 4.78 is 19.3. The Balaban J connectivity index is 1.31.